The Morgan fingerprint density at radius 3 is 2.68 bits per heavy atom. The van der Waals surface area contributed by atoms with Crippen molar-refractivity contribution in [2.75, 3.05) is 6.54 Å². The molecular weight excluding hydrogens is 312 g/mol. The highest BCUT2D eigenvalue weighted by molar-refractivity contribution is 7.89. The van der Waals surface area contributed by atoms with Crippen LogP contribution in [0.5, 0.6) is 0 Å². The molecule has 0 aliphatic carbocycles. The standard InChI is InChI=1S/C13H16N2O6S/c1-9-10(15(18)19)6-4-7-12(9)22(20,21)14-8-3-2-5-11(14)13(16)17/h4,6-7,11H,2-3,5,8H2,1H3,(H,16,17). The Kier molecular flexibility index (Phi) is 4.47. The van der Waals surface area contributed by atoms with E-state index in [4.69, 9.17) is 0 Å². The maximum atomic E-state index is 12.7. The average molecular weight is 328 g/mol. The van der Waals surface area contributed by atoms with Gasteiger partial charge in [-0.25, -0.2) is 8.42 Å². The van der Waals surface area contributed by atoms with Crippen LogP contribution in [0.1, 0.15) is 24.8 Å². The van der Waals surface area contributed by atoms with Gasteiger partial charge in [0.1, 0.15) is 6.04 Å². The Morgan fingerprint density at radius 2 is 2.09 bits per heavy atom. The minimum absolute atomic E-state index is 0.0159. The van der Waals surface area contributed by atoms with Crippen molar-refractivity contribution in [3.63, 3.8) is 0 Å². The van der Waals surface area contributed by atoms with Gasteiger partial charge in [0.25, 0.3) is 5.69 Å². The summed E-state index contributed by atoms with van der Waals surface area (Å²) in [6, 6.07) is 2.65. The number of carbonyl (C=O) groups is 1. The van der Waals surface area contributed by atoms with Crippen LogP contribution >= 0.6 is 0 Å². The van der Waals surface area contributed by atoms with Crippen molar-refractivity contribution in [1.29, 1.82) is 0 Å². The second-order valence-corrected chi connectivity index (χ2v) is 6.98. The zero-order chi connectivity index (χ0) is 16.5. The van der Waals surface area contributed by atoms with E-state index in [-0.39, 0.29) is 29.1 Å². The molecule has 1 fully saturated rings. The summed E-state index contributed by atoms with van der Waals surface area (Å²) in [5.74, 6) is -1.20. The second kappa shape index (κ2) is 6.01. The highest BCUT2D eigenvalue weighted by Gasteiger charge is 2.39. The van der Waals surface area contributed by atoms with Crippen molar-refractivity contribution >= 4 is 21.7 Å². The Labute approximate surface area is 127 Å². The lowest BCUT2D eigenvalue weighted by atomic mass is 10.1. The minimum atomic E-state index is -4.09. The summed E-state index contributed by atoms with van der Waals surface area (Å²) in [5.41, 5.74) is -0.285. The van der Waals surface area contributed by atoms with Crippen LogP contribution in [0.25, 0.3) is 0 Å². The molecule has 1 aliphatic heterocycles. The molecule has 1 heterocycles. The number of nitro benzene ring substituents is 1. The van der Waals surface area contributed by atoms with E-state index >= 15 is 0 Å². The molecule has 9 heteroatoms. The third kappa shape index (κ3) is 2.81. The molecule has 1 N–H and O–H groups in total. The number of hydrogen-bond donors (Lipinski definition) is 1. The molecule has 0 spiro atoms. The first-order valence-corrected chi connectivity index (χ1v) is 8.19. The summed E-state index contributed by atoms with van der Waals surface area (Å²) in [4.78, 5) is 21.4. The molecule has 120 valence electrons. The van der Waals surface area contributed by atoms with Crippen LogP contribution in [0.15, 0.2) is 23.1 Å². The highest BCUT2D eigenvalue weighted by atomic mass is 32.2. The maximum absolute atomic E-state index is 12.7. The first kappa shape index (κ1) is 16.4. The molecule has 2 rings (SSSR count). The normalized spacial score (nSPS) is 19.8. The molecule has 0 amide bonds. The fourth-order valence-electron chi connectivity index (χ4n) is 2.65. The zero-order valence-electron chi connectivity index (χ0n) is 11.9. The number of nitrogens with zero attached hydrogens (tertiary/aromatic N) is 2. The molecule has 1 aliphatic rings. The molecule has 1 atom stereocenters. The number of benzene rings is 1. The predicted octanol–water partition coefficient (Wildman–Crippen LogP) is 1.53. The third-order valence-electron chi connectivity index (χ3n) is 3.78. The summed E-state index contributed by atoms with van der Waals surface area (Å²) in [6.45, 7) is 1.45. The largest absolute Gasteiger partial charge is 0.480 e. The smallest absolute Gasteiger partial charge is 0.322 e. The molecule has 22 heavy (non-hydrogen) atoms. The summed E-state index contributed by atoms with van der Waals surface area (Å²) in [5, 5.41) is 20.2. The molecule has 1 aromatic carbocycles. The monoisotopic (exact) mass is 328 g/mol. The van der Waals surface area contributed by atoms with Gasteiger partial charge in [-0.3, -0.25) is 14.9 Å². The lowest BCUT2D eigenvalue weighted by molar-refractivity contribution is -0.385. The van der Waals surface area contributed by atoms with Crippen LogP contribution in [0.2, 0.25) is 0 Å². The number of aliphatic carboxylic acids is 1. The van der Waals surface area contributed by atoms with Crippen molar-refractivity contribution < 1.29 is 23.2 Å². The van der Waals surface area contributed by atoms with E-state index in [0.29, 0.717) is 12.8 Å². The SMILES string of the molecule is Cc1c([N+](=O)[O-])cccc1S(=O)(=O)N1CCCCC1C(=O)O. The van der Waals surface area contributed by atoms with Gasteiger partial charge in [0.2, 0.25) is 10.0 Å². The van der Waals surface area contributed by atoms with Crippen molar-refractivity contribution in [3.05, 3.63) is 33.9 Å². The summed E-state index contributed by atoms with van der Waals surface area (Å²) < 4.78 is 26.4. The third-order valence-corrected chi connectivity index (χ3v) is 5.83. The first-order valence-electron chi connectivity index (χ1n) is 6.75. The van der Waals surface area contributed by atoms with Gasteiger partial charge < -0.3 is 5.11 Å². The molecule has 8 nitrogen and oxygen atoms in total. The number of carboxylic acids is 1. The fourth-order valence-corrected chi connectivity index (χ4v) is 4.54. The lowest BCUT2D eigenvalue weighted by Gasteiger charge is -2.32. The number of carboxylic acid groups (broad SMARTS) is 1. The minimum Gasteiger partial charge on any atom is -0.480 e. The van der Waals surface area contributed by atoms with Gasteiger partial charge in [0.05, 0.1) is 9.82 Å². The summed E-state index contributed by atoms with van der Waals surface area (Å²) in [6.07, 6.45) is 1.44. The molecule has 1 aromatic rings. The van der Waals surface area contributed by atoms with E-state index in [9.17, 15) is 28.4 Å². The quantitative estimate of drug-likeness (QED) is 0.661. The maximum Gasteiger partial charge on any atom is 0.322 e. The van der Waals surface area contributed by atoms with E-state index < -0.39 is 27.0 Å². The molecular formula is C13H16N2O6S. The molecule has 0 saturated carbocycles. The first-order chi connectivity index (χ1) is 10.3. The van der Waals surface area contributed by atoms with Crippen molar-refractivity contribution in [3.8, 4) is 0 Å². The van der Waals surface area contributed by atoms with Gasteiger partial charge in [0, 0.05) is 18.2 Å². The molecule has 1 saturated heterocycles. The summed E-state index contributed by atoms with van der Waals surface area (Å²) in [7, 11) is -4.09. The van der Waals surface area contributed by atoms with Crippen LogP contribution < -0.4 is 0 Å². The van der Waals surface area contributed by atoms with Crippen molar-refractivity contribution in [1.82, 2.24) is 4.31 Å². The van der Waals surface area contributed by atoms with Gasteiger partial charge in [-0.15, -0.1) is 0 Å². The Bertz CT molecular complexity index is 715. The summed E-state index contributed by atoms with van der Waals surface area (Å²) >= 11 is 0. The number of sulfonamides is 1. The zero-order valence-corrected chi connectivity index (χ0v) is 12.7. The van der Waals surface area contributed by atoms with E-state index in [1.165, 1.54) is 25.1 Å². The molecule has 1 unspecified atom stereocenters. The van der Waals surface area contributed by atoms with Crippen LogP contribution in [0.3, 0.4) is 0 Å². The fraction of sp³-hybridized carbons (Fsp3) is 0.462. The van der Waals surface area contributed by atoms with Crippen LogP contribution in [-0.2, 0) is 14.8 Å². The van der Waals surface area contributed by atoms with Crippen LogP contribution in [-0.4, -0.2) is 41.3 Å². The van der Waals surface area contributed by atoms with Gasteiger partial charge in [-0.2, -0.15) is 4.31 Å². The lowest BCUT2D eigenvalue weighted by Crippen LogP contribution is -2.47. The Hall–Kier alpha value is -2.00. The van der Waals surface area contributed by atoms with Gasteiger partial charge in [0.15, 0.2) is 0 Å². The van der Waals surface area contributed by atoms with Crippen molar-refractivity contribution in [2.45, 2.75) is 37.1 Å². The van der Waals surface area contributed by atoms with E-state index in [1.807, 2.05) is 0 Å². The molecule has 0 aromatic heterocycles. The number of nitro groups is 1. The topological polar surface area (TPSA) is 118 Å². The number of piperidine rings is 1. The van der Waals surface area contributed by atoms with E-state index in [1.54, 1.807) is 0 Å². The van der Waals surface area contributed by atoms with E-state index in [2.05, 4.69) is 0 Å². The predicted molar refractivity (Wildman–Crippen MR) is 77.0 cm³/mol. The number of rotatable bonds is 4. The van der Waals surface area contributed by atoms with Crippen LogP contribution in [0, 0.1) is 17.0 Å². The molecule has 0 bridgehead atoms. The number of hydrogen-bond acceptors (Lipinski definition) is 5. The highest BCUT2D eigenvalue weighted by Crippen LogP contribution is 2.30. The van der Waals surface area contributed by atoms with Crippen molar-refractivity contribution in [2.24, 2.45) is 0 Å². The van der Waals surface area contributed by atoms with Gasteiger partial charge in [-0.1, -0.05) is 6.07 Å². The Balaban J connectivity index is 2.52. The van der Waals surface area contributed by atoms with Gasteiger partial charge in [-0.05, 0) is 32.3 Å². The second-order valence-electron chi connectivity index (χ2n) is 5.12. The van der Waals surface area contributed by atoms with E-state index in [0.717, 1.165) is 4.31 Å². The Morgan fingerprint density at radius 1 is 1.41 bits per heavy atom. The molecule has 0 radical (unpaired) electrons. The van der Waals surface area contributed by atoms with Crippen LogP contribution in [0.4, 0.5) is 5.69 Å². The van der Waals surface area contributed by atoms with Gasteiger partial charge >= 0.3 is 5.97 Å². The average Bonchev–Trinajstić information content (AvgIpc) is 2.46.